The monoisotopic (exact) mass is 266 g/mol. The predicted octanol–water partition coefficient (Wildman–Crippen LogP) is -0.372. The predicted molar refractivity (Wildman–Crippen MR) is 67.3 cm³/mol. The van der Waals surface area contributed by atoms with Gasteiger partial charge in [-0.05, 0) is 18.6 Å². The average Bonchev–Trinajstić information content (AvgIpc) is 2.24. The first-order valence-electron chi connectivity index (χ1n) is 5.27. The third-order valence-electron chi connectivity index (χ3n) is 2.43. The second kappa shape index (κ2) is 6.36. The summed E-state index contributed by atoms with van der Waals surface area (Å²) in [6.45, 7) is 2.46. The van der Waals surface area contributed by atoms with Crippen LogP contribution >= 0.6 is 12.2 Å². The van der Waals surface area contributed by atoms with Crippen molar-refractivity contribution >= 4 is 27.2 Å². The van der Waals surface area contributed by atoms with Crippen LogP contribution < -0.4 is 5.32 Å². The maximum absolute atomic E-state index is 11.2. The summed E-state index contributed by atoms with van der Waals surface area (Å²) in [7, 11) is -1.17. The molecule has 94 valence electrons. The number of rotatable bonds is 4. The van der Waals surface area contributed by atoms with E-state index in [2.05, 4.69) is 5.32 Å². The van der Waals surface area contributed by atoms with Gasteiger partial charge in [-0.2, -0.15) is 0 Å². The van der Waals surface area contributed by atoms with Crippen molar-refractivity contribution in [2.75, 3.05) is 44.9 Å². The molecule has 1 aliphatic rings. The molecule has 0 aromatic heterocycles. The highest BCUT2D eigenvalue weighted by atomic mass is 32.2. The molecule has 7 heteroatoms. The number of nitrogens with zero attached hydrogens (tertiary/aromatic N) is 1. The minimum Gasteiger partial charge on any atom is -0.385 e. The normalized spacial score (nSPS) is 19.4. The number of nitrogens with one attached hydrogen (secondary N) is 1. The molecule has 0 saturated carbocycles. The summed E-state index contributed by atoms with van der Waals surface area (Å²) in [5.41, 5.74) is 0. The largest absolute Gasteiger partial charge is 0.385 e. The minimum atomic E-state index is -2.83. The van der Waals surface area contributed by atoms with Gasteiger partial charge in [0.25, 0.3) is 0 Å². The summed E-state index contributed by atoms with van der Waals surface area (Å²) in [6, 6.07) is 0. The van der Waals surface area contributed by atoms with Crippen LogP contribution in [0.3, 0.4) is 0 Å². The molecule has 16 heavy (non-hydrogen) atoms. The molecular formula is C9H18N2O3S2. The molecule has 1 fully saturated rings. The molecular weight excluding hydrogens is 248 g/mol. The van der Waals surface area contributed by atoms with Crippen molar-refractivity contribution in [3.63, 3.8) is 0 Å². The molecule has 1 N–H and O–H groups in total. The topological polar surface area (TPSA) is 58.6 Å². The lowest BCUT2D eigenvalue weighted by atomic mass is 10.4. The lowest BCUT2D eigenvalue weighted by Crippen LogP contribution is -2.48. The molecule has 0 aromatic rings. The molecule has 0 spiro atoms. The van der Waals surface area contributed by atoms with Crippen molar-refractivity contribution < 1.29 is 13.2 Å². The number of hydrogen-bond donors (Lipinski definition) is 1. The third-order valence-corrected chi connectivity index (χ3v) is 4.44. The van der Waals surface area contributed by atoms with Crippen LogP contribution in [0.1, 0.15) is 6.42 Å². The first-order chi connectivity index (χ1) is 7.55. The van der Waals surface area contributed by atoms with Gasteiger partial charge >= 0.3 is 0 Å². The van der Waals surface area contributed by atoms with Gasteiger partial charge in [0.1, 0.15) is 0 Å². The quantitative estimate of drug-likeness (QED) is 0.553. The van der Waals surface area contributed by atoms with Crippen LogP contribution in [0.2, 0.25) is 0 Å². The van der Waals surface area contributed by atoms with Gasteiger partial charge in [-0.1, -0.05) is 0 Å². The third kappa shape index (κ3) is 4.63. The van der Waals surface area contributed by atoms with E-state index in [1.807, 2.05) is 4.90 Å². The maximum atomic E-state index is 11.2. The molecule has 5 nitrogen and oxygen atoms in total. The first-order valence-corrected chi connectivity index (χ1v) is 7.50. The van der Waals surface area contributed by atoms with E-state index in [0.29, 0.717) is 24.8 Å². The van der Waals surface area contributed by atoms with Crippen LogP contribution in [-0.4, -0.2) is 63.3 Å². The Labute approximate surface area is 102 Å². The lowest BCUT2D eigenvalue weighted by Gasteiger charge is -2.29. The number of sulfone groups is 1. The second-order valence-electron chi connectivity index (χ2n) is 3.72. The number of hydrogen-bond acceptors (Lipinski definition) is 4. The summed E-state index contributed by atoms with van der Waals surface area (Å²) in [4.78, 5) is 1.91. The highest BCUT2D eigenvalue weighted by molar-refractivity contribution is 7.91. The van der Waals surface area contributed by atoms with Crippen molar-refractivity contribution in [1.82, 2.24) is 10.2 Å². The fourth-order valence-electron chi connectivity index (χ4n) is 1.44. The van der Waals surface area contributed by atoms with E-state index in [-0.39, 0.29) is 11.5 Å². The summed E-state index contributed by atoms with van der Waals surface area (Å²) >= 11 is 5.18. The highest BCUT2D eigenvalue weighted by Gasteiger charge is 2.22. The molecule has 1 saturated heterocycles. The van der Waals surface area contributed by atoms with E-state index in [9.17, 15) is 8.42 Å². The van der Waals surface area contributed by atoms with Crippen molar-refractivity contribution in [3.8, 4) is 0 Å². The molecule has 0 atom stereocenters. The molecule has 1 aliphatic heterocycles. The number of thiocarbonyl (C=S) groups is 1. The first kappa shape index (κ1) is 13.7. The summed E-state index contributed by atoms with van der Waals surface area (Å²) in [5, 5.41) is 3.74. The summed E-state index contributed by atoms with van der Waals surface area (Å²) < 4.78 is 27.3. The number of ether oxygens (including phenoxy) is 1. The molecule has 1 rings (SSSR count). The van der Waals surface area contributed by atoms with Crippen molar-refractivity contribution in [2.24, 2.45) is 0 Å². The van der Waals surface area contributed by atoms with E-state index in [4.69, 9.17) is 17.0 Å². The Hall–Kier alpha value is -0.400. The van der Waals surface area contributed by atoms with Gasteiger partial charge in [0.2, 0.25) is 0 Å². The SMILES string of the molecule is COCCCNC(=S)N1CCS(=O)(=O)CC1. The zero-order valence-electron chi connectivity index (χ0n) is 9.44. The van der Waals surface area contributed by atoms with E-state index in [1.165, 1.54) is 0 Å². The van der Waals surface area contributed by atoms with Gasteiger partial charge < -0.3 is 15.0 Å². The smallest absolute Gasteiger partial charge is 0.168 e. The highest BCUT2D eigenvalue weighted by Crippen LogP contribution is 2.03. The summed E-state index contributed by atoms with van der Waals surface area (Å²) in [6.07, 6.45) is 0.892. The standard InChI is InChI=1S/C9H18N2O3S2/c1-14-6-2-3-10-9(15)11-4-7-16(12,13)8-5-11/h2-8H2,1H3,(H,10,15). The van der Waals surface area contributed by atoms with Gasteiger partial charge in [0, 0.05) is 33.4 Å². The Kier molecular flexibility index (Phi) is 5.43. The molecule has 0 aromatic carbocycles. The van der Waals surface area contributed by atoms with E-state index < -0.39 is 9.84 Å². The molecule has 1 heterocycles. The molecule has 0 radical (unpaired) electrons. The molecule has 0 bridgehead atoms. The fourth-order valence-corrected chi connectivity index (χ4v) is 2.93. The lowest BCUT2D eigenvalue weighted by molar-refractivity contribution is 0.195. The fraction of sp³-hybridized carbons (Fsp3) is 0.889. The summed E-state index contributed by atoms with van der Waals surface area (Å²) in [5.74, 6) is 0.403. The van der Waals surface area contributed by atoms with Gasteiger partial charge in [-0.15, -0.1) is 0 Å². The Bertz CT molecular complexity index is 316. The van der Waals surface area contributed by atoms with Crippen molar-refractivity contribution in [2.45, 2.75) is 6.42 Å². The van der Waals surface area contributed by atoms with Crippen LogP contribution in [0, 0.1) is 0 Å². The number of methoxy groups -OCH3 is 1. The van der Waals surface area contributed by atoms with Crippen LogP contribution in [0.15, 0.2) is 0 Å². The van der Waals surface area contributed by atoms with Crippen LogP contribution in [0.25, 0.3) is 0 Å². The Balaban J connectivity index is 2.23. The zero-order valence-corrected chi connectivity index (χ0v) is 11.1. The zero-order chi connectivity index (χ0) is 12.0. The maximum Gasteiger partial charge on any atom is 0.168 e. The van der Waals surface area contributed by atoms with Gasteiger partial charge in [0.05, 0.1) is 11.5 Å². The van der Waals surface area contributed by atoms with Gasteiger partial charge in [-0.3, -0.25) is 0 Å². The van der Waals surface area contributed by atoms with E-state index in [0.717, 1.165) is 13.0 Å². The van der Waals surface area contributed by atoms with Crippen molar-refractivity contribution in [3.05, 3.63) is 0 Å². The van der Waals surface area contributed by atoms with Gasteiger partial charge in [-0.25, -0.2) is 8.42 Å². The van der Waals surface area contributed by atoms with Gasteiger partial charge in [0.15, 0.2) is 14.9 Å². The van der Waals surface area contributed by atoms with E-state index >= 15 is 0 Å². The second-order valence-corrected chi connectivity index (χ2v) is 6.41. The minimum absolute atomic E-state index is 0.201. The Morgan fingerprint density at radius 1 is 1.44 bits per heavy atom. The van der Waals surface area contributed by atoms with Crippen LogP contribution in [0.5, 0.6) is 0 Å². The molecule has 0 aliphatic carbocycles. The molecule has 0 amide bonds. The average molecular weight is 266 g/mol. The Morgan fingerprint density at radius 3 is 2.62 bits per heavy atom. The van der Waals surface area contributed by atoms with Crippen LogP contribution in [0.4, 0.5) is 0 Å². The Morgan fingerprint density at radius 2 is 2.06 bits per heavy atom. The molecule has 0 unspecified atom stereocenters. The van der Waals surface area contributed by atoms with Crippen molar-refractivity contribution in [1.29, 1.82) is 0 Å². The van der Waals surface area contributed by atoms with Crippen LogP contribution in [-0.2, 0) is 14.6 Å². The van der Waals surface area contributed by atoms with E-state index in [1.54, 1.807) is 7.11 Å².